The number of fused-ring (bicyclic) bond motifs is 4. The van der Waals surface area contributed by atoms with E-state index in [2.05, 4.69) is 15.3 Å². The Hall–Kier alpha value is -6.90. The van der Waals surface area contributed by atoms with Crippen molar-refractivity contribution in [2.45, 2.75) is 18.9 Å². The number of hydrogen-bond acceptors (Lipinski definition) is 10. The fourth-order valence-electron chi connectivity index (χ4n) is 7.76. The average molecular weight is 765 g/mol. The Bertz CT molecular complexity index is 2700. The van der Waals surface area contributed by atoms with Crippen LogP contribution in [0.1, 0.15) is 44.7 Å². The first kappa shape index (κ1) is 35.8. The number of ether oxygens (including phenoxy) is 2. The van der Waals surface area contributed by atoms with Gasteiger partial charge in [-0.1, -0.05) is 60.7 Å². The number of nitrogens with one attached hydrogen (secondary N) is 1. The van der Waals surface area contributed by atoms with Gasteiger partial charge in [0.25, 0.3) is 0 Å². The molecular formula is C43H36N6O8. The Balaban J connectivity index is 0.000000148. The van der Waals surface area contributed by atoms with E-state index >= 15 is 0 Å². The Kier molecular flexibility index (Phi) is 9.19. The third kappa shape index (κ3) is 6.15. The molecule has 286 valence electrons. The number of nitrogens with zero attached hydrogens (tertiary/aromatic N) is 5. The highest BCUT2D eigenvalue weighted by Gasteiger charge is 2.35. The van der Waals surface area contributed by atoms with Crippen molar-refractivity contribution in [2.75, 3.05) is 39.5 Å². The second kappa shape index (κ2) is 14.6. The molecule has 6 heterocycles. The number of benzene rings is 4. The number of para-hydroxylation sites is 4. The molecule has 6 aromatic rings. The van der Waals surface area contributed by atoms with Crippen LogP contribution in [-0.2, 0) is 9.47 Å². The van der Waals surface area contributed by atoms with Crippen LogP contribution >= 0.6 is 0 Å². The molecule has 14 nitrogen and oxygen atoms in total. The van der Waals surface area contributed by atoms with Gasteiger partial charge in [-0.2, -0.15) is 0 Å². The molecule has 0 atom stereocenters. The minimum absolute atomic E-state index is 0.0185. The number of morpholine rings is 1. The van der Waals surface area contributed by atoms with Gasteiger partial charge in [0.15, 0.2) is 0 Å². The quantitative estimate of drug-likeness (QED) is 0.186. The van der Waals surface area contributed by atoms with Crippen molar-refractivity contribution in [3.05, 3.63) is 119 Å². The van der Waals surface area contributed by atoms with Crippen molar-refractivity contribution in [2.24, 2.45) is 9.98 Å². The first-order valence-corrected chi connectivity index (χ1v) is 18.7. The molecule has 57 heavy (non-hydrogen) atoms. The van der Waals surface area contributed by atoms with E-state index in [4.69, 9.17) is 9.47 Å². The minimum atomic E-state index is -0.430. The molecule has 0 spiro atoms. The molecule has 4 aromatic carbocycles. The van der Waals surface area contributed by atoms with Crippen LogP contribution in [0.4, 0.5) is 21.0 Å². The normalized spacial score (nSPS) is 16.5. The van der Waals surface area contributed by atoms with Gasteiger partial charge in [0.05, 0.1) is 46.7 Å². The number of aliphatic imine (C=N–C) groups is 2. The van der Waals surface area contributed by atoms with E-state index in [1.54, 1.807) is 83.8 Å². The zero-order valence-electron chi connectivity index (χ0n) is 30.6. The van der Waals surface area contributed by atoms with Gasteiger partial charge >= 0.3 is 12.1 Å². The van der Waals surface area contributed by atoms with E-state index in [-0.39, 0.29) is 52.4 Å². The molecule has 4 aliphatic heterocycles. The summed E-state index contributed by atoms with van der Waals surface area (Å²) in [6.07, 6.45) is 1.44. The summed E-state index contributed by atoms with van der Waals surface area (Å²) in [5, 5.41) is 26.2. The Morgan fingerprint density at radius 3 is 1.61 bits per heavy atom. The molecule has 2 fully saturated rings. The molecule has 0 aliphatic carbocycles. The van der Waals surface area contributed by atoms with Gasteiger partial charge in [-0.15, -0.1) is 0 Å². The van der Waals surface area contributed by atoms with Crippen LogP contribution in [0, 0.1) is 0 Å². The van der Waals surface area contributed by atoms with E-state index in [0.29, 0.717) is 89.4 Å². The first-order valence-electron chi connectivity index (χ1n) is 18.7. The number of rotatable bonds is 3. The topological polar surface area (TPSA) is 177 Å². The lowest BCUT2D eigenvalue weighted by atomic mass is 10.0. The van der Waals surface area contributed by atoms with Gasteiger partial charge in [-0.05, 0) is 49.2 Å². The first-order chi connectivity index (χ1) is 27.8. The summed E-state index contributed by atoms with van der Waals surface area (Å²) < 4.78 is 13.1. The number of aromatic nitrogens is 2. The highest BCUT2D eigenvalue weighted by atomic mass is 16.5. The number of hydrogen-bond donors (Lipinski definition) is 3. The maximum Gasteiger partial charge on any atom is 0.331 e. The molecule has 2 aromatic heterocycles. The van der Waals surface area contributed by atoms with Gasteiger partial charge < -0.3 is 29.9 Å². The number of Topliss-reactive ketones (excluding diaryl/α,β-unsaturated/α-hetero) is 2. The maximum absolute atomic E-state index is 13.1. The van der Waals surface area contributed by atoms with E-state index in [0.717, 1.165) is 12.8 Å². The summed E-state index contributed by atoms with van der Waals surface area (Å²) in [5.41, 5.74) is 4.06. The minimum Gasteiger partial charge on any atom is -0.494 e. The van der Waals surface area contributed by atoms with Crippen LogP contribution in [0.5, 0.6) is 11.8 Å². The predicted molar refractivity (Wildman–Crippen MR) is 212 cm³/mol. The van der Waals surface area contributed by atoms with E-state index in [1.807, 2.05) is 18.2 Å². The molecule has 2 saturated heterocycles. The van der Waals surface area contributed by atoms with Gasteiger partial charge in [0.2, 0.25) is 23.3 Å². The van der Waals surface area contributed by atoms with Crippen LogP contribution < -0.4 is 5.32 Å². The lowest BCUT2D eigenvalue weighted by Gasteiger charge is -2.27. The van der Waals surface area contributed by atoms with Crippen molar-refractivity contribution < 1.29 is 38.9 Å². The van der Waals surface area contributed by atoms with Gasteiger partial charge in [-0.25, -0.2) is 28.7 Å². The van der Waals surface area contributed by atoms with E-state index in [1.165, 1.54) is 9.13 Å². The fraction of sp³-hybridized carbons (Fsp3) is 0.209. The Morgan fingerprint density at radius 2 is 1.07 bits per heavy atom. The molecule has 0 bridgehead atoms. The second-order valence-corrected chi connectivity index (χ2v) is 13.9. The SMILES string of the molecule is O=C1C(c2c(O)n(C(=O)N3CCOCC3)c3ccccc23)=Nc2ccccc21.O=C1C(c2c(O)n(C(=O)NC3CCOCC3)c3ccccc23)=Nc2ccccc21. The van der Waals surface area contributed by atoms with Gasteiger partial charge in [0, 0.05) is 54.2 Å². The fourth-order valence-corrected chi connectivity index (χ4v) is 7.76. The standard InChI is InChI=1S/C22H19N3O4.C21H17N3O4/c26-20-14-5-1-3-7-16(14)24-19(20)18-15-6-2-4-8-17(15)25(21(18)27)22(28)23-13-9-11-29-12-10-13;25-19-13-5-1-3-7-15(13)22-18(19)17-14-6-2-4-8-16(14)24(20(17)26)21(27)23-9-11-28-12-10-23/h1-8,13,27H,9-12H2,(H,23,28);1-8,26H,9-12H2. The van der Waals surface area contributed by atoms with Crippen LogP contribution in [0.15, 0.2) is 107 Å². The number of carbonyl (C=O) groups excluding carboxylic acids is 4. The van der Waals surface area contributed by atoms with E-state index < -0.39 is 6.03 Å². The van der Waals surface area contributed by atoms with Crippen molar-refractivity contribution in [3.8, 4) is 11.8 Å². The predicted octanol–water partition coefficient (Wildman–Crippen LogP) is 6.37. The molecule has 0 unspecified atom stereocenters. The summed E-state index contributed by atoms with van der Waals surface area (Å²) >= 11 is 0. The van der Waals surface area contributed by atoms with E-state index in [9.17, 15) is 29.4 Å². The highest BCUT2D eigenvalue weighted by Crippen LogP contribution is 2.39. The third-order valence-corrected chi connectivity index (χ3v) is 10.6. The van der Waals surface area contributed by atoms with Crippen molar-refractivity contribution in [1.29, 1.82) is 0 Å². The zero-order valence-corrected chi connectivity index (χ0v) is 30.6. The number of aromatic hydroxyl groups is 2. The maximum atomic E-state index is 13.1. The summed E-state index contributed by atoms with van der Waals surface area (Å²) in [6.45, 7) is 3.01. The van der Waals surface area contributed by atoms with Crippen LogP contribution in [0.2, 0.25) is 0 Å². The molecule has 0 radical (unpaired) electrons. The molecule has 2 amide bonds. The van der Waals surface area contributed by atoms with Crippen molar-refractivity contribution >= 4 is 68.2 Å². The van der Waals surface area contributed by atoms with Gasteiger partial charge in [-0.3, -0.25) is 9.59 Å². The molecule has 0 saturated carbocycles. The Morgan fingerprint density at radius 1 is 0.614 bits per heavy atom. The zero-order chi connectivity index (χ0) is 39.2. The largest absolute Gasteiger partial charge is 0.494 e. The third-order valence-electron chi connectivity index (χ3n) is 10.6. The average Bonchev–Trinajstić information content (AvgIpc) is 3.94. The summed E-state index contributed by atoms with van der Waals surface area (Å²) in [5.74, 6) is -1.07. The molecular weight excluding hydrogens is 729 g/mol. The molecule has 3 N–H and O–H groups in total. The lowest BCUT2D eigenvalue weighted by molar-refractivity contribution is 0.0534. The number of ketones is 2. The van der Waals surface area contributed by atoms with Crippen LogP contribution in [0.25, 0.3) is 21.8 Å². The highest BCUT2D eigenvalue weighted by molar-refractivity contribution is 6.57. The molecule has 10 rings (SSSR count). The van der Waals surface area contributed by atoms with Crippen molar-refractivity contribution in [3.63, 3.8) is 0 Å². The monoisotopic (exact) mass is 764 g/mol. The van der Waals surface area contributed by atoms with Crippen LogP contribution in [0.3, 0.4) is 0 Å². The summed E-state index contributed by atoms with van der Waals surface area (Å²) in [6, 6.07) is 27.6. The number of carbonyl (C=O) groups is 4. The van der Waals surface area contributed by atoms with Crippen LogP contribution in [-0.4, -0.2) is 105 Å². The summed E-state index contributed by atoms with van der Waals surface area (Å²) in [4.78, 5) is 62.5. The van der Waals surface area contributed by atoms with Gasteiger partial charge in [0.1, 0.15) is 11.4 Å². The second-order valence-electron chi connectivity index (χ2n) is 13.9. The molecule has 14 heteroatoms. The lowest BCUT2D eigenvalue weighted by Crippen LogP contribution is -2.42. The summed E-state index contributed by atoms with van der Waals surface area (Å²) in [7, 11) is 0. The number of amides is 2. The Labute approximate surface area is 325 Å². The smallest absolute Gasteiger partial charge is 0.331 e. The molecule has 4 aliphatic rings. The van der Waals surface area contributed by atoms with Crippen molar-refractivity contribution in [1.82, 2.24) is 19.4 Å².